The van der Waals surface area contributed by atoms with Crippen LogP contribution in [0, 0.1) is 0 Å². The second-order valence-corrected chi connectivity index (χ2v) is 6.29. The molecule has 3 rings (SSSR count). The van der Waals surface area contributed by atoms with E-state index in [0.29, 0.717) is 12.0 Å². The van der Waals surface area contributed by atoms with Gasteiger partial charge in [-0.3, -0.25) is 4.79 Å². The van der Waals surface area contributed by atoms with E-state index in [1.54, 1.807) is 6.08 Å². The minimum absolute atomic E-state index is 0.163. The lowest BCUT2D eigenvalue weighted by Gasteiger charge is -2.21. The molecule has 1 heterocycles. The van der Waals surface area contributed by atoms with E-state index in [2.05, 4.69) is 5.32 Å². The largest absolute Gasteiger partial charge is 0.488 e. The Balaban J connectivity index is 1.62. The van der Waals surface area contributed by atoms with E-state index in [4.69, 9.17) is 9.47 Å². The number of amides is 1. The van der Waals surface area contributed by atoms with Gasteiger partial charge in [0.2, 0.25) is 0 Å². The maximum Gasteiger partial charge on any atom is 0.338 e. The Hall–Kier alpha value is -2.30. The first-order valence-electron chi connectivity index (χ1n) is 8.61. The van der Waals surface area contributed by atoms with E-state index in [0.717, 1.165) is 37.0 Å². The van der Waals surface area contributed by atoms with Crippen LogP contribution in [0.4, 0.5) is 0 Å². The number of nitrogens with one attached hydrogen (secondary N) is 1. The topological polar surface area (TPSA) is 64.6 Å². The summed E-state index contributed by atoms with van der Waals surface area (Å²) in [6, 6.07) is 7.73. The van der Waals surface area contributed by atoms with Gasteiger partial charge in [-0.1, -0.05) is 38.0 Å². The average molecular weight is 329 g/mol. The summed E-state index contributed by atoms with van der Waals surface area (Å²) in [6.07, 6.45) is 5.77. The van der Waals surface area contributed by atoms with E-state index in [1.807, 2.05) is 31.2 Å². The van der Waals surface area contributed by atoms with Crippen molar-refractivity contribution < 1.29 is 19.1 Å². The van der Waals surface area contributed by atoms with Crippen molar-refractivity contribution >= 4 is 18.0 Å². The van der Waals surface area contributed by atoms with Gasteiger partial charge in [0.1, 0.15) is 12.4 Å². The zero-order valence-electron chi connectivity index (χ0n) is 13.9. The van der Waals surface area contributed by atoms with E-state index in [1.165, 1.54) is 0 Å². The Morgan fingerprint density at radius 2 is 2.04 bits per heavy atom. The molecule has 0 spiro atoms. The summed E-state index contributed by atoms with van der Waals surface area (Å²) < 4.78 is 11.0. The molecule has 128 valence electrons. The lowest BCUT2D eigenvalue weighted by molar-refractivity contribution is -0.153. The number of carbonyl (C=O) groups excluding carboxylic acids is 2. The molecule has 0 aromatic heterocycles. The van der Waals surface area contributed by atoms with Gasteiger partial charge in [0.05, 0.1) is 5.57 Å². The molecule has 24 heavy (non-hydrogen) atoms. The monoisotopic (exact) mass is 329 g/mol. The fourth-order valence-electron chi connectivity index (χ4n) is 3.13. The fraction of sp³-hybridized carbons (Fsp3) is 0.474. The molecule has 2 aliphatic rings. The molecule has 5 heteroatoms. The molecule has 1 aromatic carbocycles. The van der Waals surface area contributed by atoms with Gasteiger partial charge in [0, 0.05) is 11.6 Å². The van der Waals surface area contributed by atoms with Gasteiger partial charge >= 0.3 is 5.97 Å². The van der Waals surface area contributed by atoms with Crippen LogP contribution in [-0.2, 0) is 14.3 Å². The molecule has 1 saturated carbocycles. The molecule has 1 aliphatic carbocycles. The van der Waals surface area contributed by atoms with Crippen LogP contribution in [0.3, 0.4) is 0 Å². The highest BCUT2D eigenvalue weighted by atomic mass is 16.6. The number of carbonyl (C=O) groups is 2. The third kappa shape index (κ3) is 3.78. The van der Waals surface area contributed by atoms with Crippen LogP contribution >= 0.6 is 0 Å². The number of ether oxygens (including phenoxy) is 2. The third-order valence-electron chi connectivity index (χ3n) is 4.51. The summed E-state index contributed by atoms with van der Waals surface area (Å²) in [6.45, 7) is 2.00. The summed E-state index contributed by atoms with van der Waals surface area (Å²) in [5, 5.41) is 2.99. The molecular formula is C19H23NO4. The van der Waals surface area contributed by atoms with E-state index < -0.39 is 12.1 Å². The van der Waals surface area contributed by atoms with Crippen molar-refractivity contribution in [2.45, 2.75) is 51.2 Å². The van der Waals surface area contributed by atoms with Crippen molar-refractivity contribution in [1.82, 2.24) is 5.32 Å². The number of rotatable bonds is 5. The van der Waals surface area contributed by atoms with Crippen molar-refractivity contribution in [2.75, 3.05) is 6.61 Å². The lowest BCUT2D eigenvalue weighted by atomic mass is 10.1. The van der Waals surface area contributed by atoms with E-state index in [-0.39, 0.29) is 18.6 Å². The lowest BCUT2D eigenvalue weighted by Crippen LogP contribution is -2.42. The zero-order valence-corrected chi connectivity index (χ0v) is 13.9. The van der Waals surface area contributed by atoms with Crippen LogP contribution in [0.1, 0.15) is 44.6 Å². The number of hydrogen-bond acceptors (Lipinski definition) is 4. The van der Waals surface area contributed by atoms with Gasteiger partial charge in [-0.25, -0.2) is 4.79 Å². The molecule has 5 nitrogen and oxygen atoms in total. The number of para-hydroxylation sites is 1. The second-order valence-electron chi connectivity index (χ2n) is 6.29. The van der Waals surface area contributed by atoms with Crippen LogP contribution in [-0.4, -0.2) is 30.6 Å². The minimum atomic E-state index is -0.754. The first kappa shape index (κ1) is 16.6. The average Bonchev–Trinajstić information content (AvgIpc) is 3.11. The van der Waals surface area contributed by atoms with Crippen molar-refractivity contribution in [2.24, 2.45) is 0 Å². The zero-order chi connectivity index (χ0) is 16.9. The molecule has 1 amide bonds. The summed E-state index contributed by atoms with van der Waals surface area (Å²) >= 11 is 0. The summed E-state index contributed by atoms with van der Waals surface area (Å²) in [4.78, 5) is 24.7. The summed E-state index contributed by atoms with van der Waals surface area (Å²) in [7, 11) is 0. The molecule has 1 aliphatic heterocycles. The Bertz CT molecular complexity index is 647. The standard InChI is InChI=1S/C19H23NO4/c1-2-16(18(21)20-15-8-4-5-9-15)24-19(22)14-11-13-7-3-6-10-17(13)23-12-14/h3,6-7,10-11,15-16H,2,4-5,8-9,12H2,1H3,(H,20,21)/t16-/m0/s1. The molecule has 1 atom stereocenters. The molecule has 0 unspecified atom stereocenters. The maximum atomic E-state index is 12.4. The van der Waals surface area contributed by atoms with Gasteiger partial charge in [-0.15, -0.1) is 0 Å². The van der Waals surface area contributed by atoms with Crippen molar-refractivity contribution in [3.05, 3.63) is 35.4 Å². The van der Waals surface area contributed by atoms with Crippen molar-refractivity contribution in [3.8, 4) is 5.75 Å². The minimum Gasteiger partial charge on any atom is -0.488 e. The predicted molar refractivity (Wildman–Crippen MR) is 90.5 cm³/mol. The fourth-order valence-corrected chi connectivity index (χ4v) is 3.13. The summed E-state index contributed by atoms with van der Waals surface area (Å²) in [5.41, 5.74) is 1.28. The first-order valence-corrected chi connectivity index (χ1v) is 8.61. The highest BCUT2D eigenvalue weighted by Gasteiger charge is 2.27. The predicted octanol–water partition coefficient (Wildman–Crippen LogP) is 2.84. The maximum absolute atomic E-state index is 12.4. The van der Waals surface area contributed by atoms with E-state index >= 15 is 0 Å². The SMILES string of the molecule is CC[C@H](OC(=O)C1=Cc2ccccc2OC1)C(=O)NC1CCCC1. The quantitative estimate of drug-likeness (QED) is 0.844. The molecule has 0 bridgehead atoms. The highest BCUT2D eigenvalue weighted by molar-refractivity contribution is 5.97. The Morgan fingerprint density at radius 3 is 2.79 bits per heavy atom. The molecule has 1 N–H and O–H groups in total. The van der Waals surface area contributed by atoms with Crippen LogP contribution < -0.4 is 10.1 Å². The van der Waals surface area contributed by atoms with E-state index in [9.17, 15) is 9.59 Å². The number of fused-ring (bicyclic) bond motifs is 1. The molecule has 1 fully saturated rings. The Morgan fingerprint density at radius 1 is 1.29 bits per heavy atom. The second kappa shape index (κ2) is 7.51. The van der Waals surface area contributed by atoms with Crippen molar-refractivity contribution in [3.63, 3.8) is 0 Å². The smallest absolute Gasteiger partial charge is 0.338 e. The van der Waals surface area contributed by atoms with Crippen LogP contribution in [0.5, 0.6) is 5.75 Å². The van der Waals surface area contributed by atoms with Gasteiger partial charge in [-0.05, 0) is 31.4 Å². The van der Waals surface area contributed by atoms with Crippen molar-refractivity contribution in [1.29, 1.82) is 0 Å². The van der Waals surface area contributed by atoms with Gasteiger partial charge in [-0.2, -0.15) is 0 Å². The van der Waals surface area contributed by atoms with Gasteiger partial charge in [0.15, 0.2) is 6.10 Å². The third-order valence-corrected chi connectivity index (χ3v) is 4.51. The normalized spacial score (nSPS) is 18.1. The first-order chi connectivity index (χ1) is 11.7. The van der Waals surface area contributed by atoms with Crippen LogP contribution in [0.25, 0.3) is 6.08 Å². The van der Waals surface area contributed by atoms with Gasteiger partial charge < -0.3 is 14.8 Å². The molecule has 0 radical (unpaired) electrons. The Kier molecular flexibility index (Phi) is 5.18. The van der Waals surface area contributed by atoms with Crippen LogP contribution in [0.15, 0.2) is 29.8 Å². The van der Waals surface area contributed by atoms with Crippen LogP contribution in [0.2, 0.25) is 0 Å². The molecular weight excluding hydrogens is 306 g/mol. The number of esters is 1. The number of hydrogen-bond donors (Lipinski definition) is 1. The Labute approximate surface area is 142 Å². The molecule has 0 saturated heterocycles. The highest BCUT2D eigenvalue weighted by Crippen LogP contribution is 2.26. The van der Waals surface area contributed by atoms with Gasteiger partial charge in [0.25, 0.3) is 5.91 Å². The number of benzene rings is 1. The summed E-state index contributed by atoms with van der Waals surface area (Å²) in [5.74, 6) is 0.0634. The molecule has 1 aromatic rings.